The second kappa shape index (κ2) is 46.7. The summed E-state index contributed by atoms with van der Waals surface area (Å²) in [7, 11) is 1.41. The number of anilines is 2. The van der Waals surface area contributed by atoms with Crippen molar-refractivity contribution in [2.45, 2.75) is 395 Å². The number of fused-ring (bicyclic) bond motifs is 8. The van der Waals surface area contributed by atoms with E-state index in [1.807, 2.05) is 69.2 Å². The quantitative estimate of drug-likeness (QED) is 0.103. The second-order valence-electron chi connectivity index (χ2n) is 49.4. The molecular weight excluding hydrogens is 1800 g/mol. The minimum atomic E-state index is -3.53. The Kier molecular flexibility index (Phi) is 37.9. The van der Waals surface area contributed by atoms with Crippen molar-refractivity contribution in [1.29, 1.82) is 0 Å². The van der Waals surface area contributed by atoms with E-state index in [-0.39, 0.29) is 109 Å². The van der Waals surface area contributed by atoms with Gasteiger partial charge in [0.05, 0.1) is 55.6 Å². The van der Waals surface area contributed by atoms with Crippen LogP contribution in [0.3, 0.4) is 0 Å². The lowest BCUT2D eigenvalue weighted by Crippen LogP contribution is -2.40. The molecule has 8 aliphatic rings. The number of nitrogens with one attached hydrogen (secondary N) is 5. The molecule has 0 saturated carbocycles. The molecule has 0 radical (unpaired) electrons. The van der Waals surface area contributed by atoms with E-state index in [2.05, 4.69) is 323 Å². The van der Waals surface area contributed by atoms with E-state index in [0.29, 0.717) is 18.9 Å². The van der Waals surface area contributed by atoms with Crippen LogP contribution in [0, 0.1) is 0 Å². The summed E-state index contributed by atoms with van der Waals surface area (Å²) in [6.45, 7) is 74.6. The Morgan fingerprint density at radius 3 is 1.33 bits per heavy atom. The molecule has 8 aromatic rings. The Labute approximate surface area is 854 Å². The fourth-order valence-electron chi connectivity index (χ4n) is 17.8. The van der Waals surface area contributed by atoms with Crippen LogP contribution in [0.25, 0.3) is 0 Å². The third kappa shape index (κ3) is 33.8. The van der Waals surface area contributed by atoms with Gasteiger partial charge in [-0.05, 0) is 305 Å². The van der Waals surface area contributed by atoms with E-state index in [1.165, 1.54) is 107 Å². The SMILES string of the molecule is CC(C)(C)OC(=O)N1CCc2c(cccc2C(C)(C)C)C1.CC(C)(C)OC(=O)NC1CCCc2ccc(C(C)(C)C)cc21.CC(C)(C)c1ccc2c(c1)NC(=O)CS2.CC(C)(C)c1ccc2c(c1)NCCO2.CC(C)(C)c1ccc2c(c1)OC(F)(F)O2.CC(C)(C)c1ccc2c(c1)OCCC2(C)C.CCOC(=O)NC1CCCc2ccc(C(C)(C)C)cc21.COC(=O)NC1CCCc2ccc(C(C)(C)C)cc21. The number of hydrogen-bond acceptors (Lipinski definition) is 15. The van der Waals surface area contributed by atoms with Gasteiger partial charge in [-0.1, -0.05) is 283 Å². The molecule has 19 nitrogen and oxygen atoms in total. The van der Waals surface area contributed by atoms with Crippen LogP contribution >= 0.6 is 11.8 Å². The van der Waals surface area contributed by atoms with Crippen LogP contribution in [0.4, 0.5) is 39.3 Å². The average Bonchev–Trinajstić information content (AvgIpc) is 1.58. The van der Waals surface area contributed by atoms with Gasteiger partial charge in [0, 0.05) is 24.5 Å². The van der Waals surface area contributed by atoms with Gasteiger partial charge >= 0.3 is 30.7 Å². The van der Waals surface area contributed by atoms with Gasteiger partial charge in [-0.15, -0.1) is 20.5 Å². The number of aryl methyl sites for hydroxylation is 3. The van der Waals surface area contributed by atoms with Crippen molar-refractivity contribution in [3.05, 3.63) is 240 Å². The summed E-state index contributed by atoms with van der Waals surface area (Å²) in [5, 5.41) is 15.2. The molecule has 5 aliphatic heterocycles. The number of benzene rings is 8. The van der Waals surface area contributed by atoms with Crippen molar-refractivity contribution in [1.82, 2.24) is 20.9 Å². The maximum atomic E-state index is 12.7. The Balaban J connectivity index is 0.000000182. The van der Waals surface area contributed by atoms with Crippen molar-refractivity contribution in [2.75, 3.05) is 56.4 Å². The molecule has 0 saturated heterocycles. The molecule has 5 amide bonds. The first-order valence-corrected chi connectivity index (χ1v) is 52.1. The summed E-state index contributed by atoms with van der Waals surface area (Å²) in [5.74, 6) is 2.88. The van der Waals surface area contributed by atoms with Crippen LogP contribution in [0.1, 0.15) is 386 Å². The summed E-state index contributed by atoms with van der Waals surface area (Å²) in [4.78, 5) is 61.6. The predicted octanol–water partition coefficient (Wildman–Crippen LogP) is 30.2. The molecule has 5 heterocycles. The number of amides is 5. The van der Waals surface area contributed by atoms with Crippen LogP contribution in [-0.4, -0.2) is 98.4 Å². The van der Waals surface area contributed by atoms with Crippen LogP contribution in [0.2, 0.25) is 0 Å². The Bertz CT molecular complexity index is 5650. The number of nitrogens with zero attached hydrogens (tertiary/aromatic N) is 1. The summed E-state index contributed by atoms with van der Waals surface area (Å²) in [6.07, 6.45) is 6.82. The van der Waals surface area contributed by atoms with E-state index in [9.17, 15) is 32.8 Å². The van der Waals surface area contributed by atoms with Crippen molar-refractivity contribution < 1.29 is 70.6 Å². The third-order valence-electron chi connectivity index (χ3n) is 26.3. The normalized spacial score (nSPS) is 17.5. The molecule has 778 valence electrons. The molecule has 0 bridgehead atoms. The smallest absolute Gasteiger partial charge is 0.493 e. The topological polar surface area (TPSA) is 223 Å². The average molecular weight is 1970 g/mol. The lowest BCUT2D eigenvalue weighted by molar-refractivity contribution is -0.286. The highest BCUT2D eigenvalue weighted by Gasteiger charge is 2.44. The van der Waals surface area contributed by atoms with Gasteiger partial charge in [0.25, 0.3) is 0 Å². The second-order valence-corrected chi connectivity index (χ2v) is 50.4. The predicted molar refractivity (Wildman–Crippen MR) is 576 cm³/mol. The highest BCUT2D eigenvalue weighted by Crippen LogP contribution is 2.46. The van der Waals surface area contributed by atoms with E-state index < -0.39 is 17.5 Å². The maximum Gasteiger partial charge on any atom is 0.586 e. The number of methoxy groups -OCH3 is 1. The van der Waals surface area contributed by atoms with Crippen LogP contribution in [-0.2, 0) is 105 Å². The summed E-state index contributed by atoms with van der Waals surface area (Å²) >= 11 is 1.60. The molecule has 8 aromatic carbocycles. The molecule has 5 N–H and O–H groups in total. The molecule has 3 aliphatic carbocycles. The number of hydrogen-bond donors (Lipinski definition) is 5. The molecule has 3 atom stereocenters. The lowest BCUT2D eigenvalue weighted by atomic mass is 9.77. The van der Waals surface area contributed by atoms with Crippen LogP contribution in [0.5, 0.6) is 23.0 Å². The zero-order valence-corrected chi connectivity index (χ0v) is 93.1. The van der Waals surface area contributed by atoms with E-state index >= 15 is 0 Å². The van der Waals surface area contributed by atoms with Crippen LogP contribution in [0.15, 0.2) is 150 Å². The zero-order chi connectivity index (χ0) is 106. The first kappa shape index (κ1) is 115. The van der Waals surface area contributed by atoms with Gasteiger partial charge in [0.1, 0.15) is 29.3 Å². The fraction of sp³-hybridized carbons (Fsp3) is 0.558. The molecule has 0 spiro atoms. The first-order valence-electron chi connectivity index (χ1n) is 51.1. The summed E-state index contributed by atoms with van der Waals surface area (Å²) in [5.41, 5.74) is 24.4. The molecule has 16 rings (SSSR count). The molecule has 142 heavy (non-hydrogen) atoms. The lowest BCUT2D eigenvalue weighted by Gasteiger charge is -2.34. The number of thioether (sulfide) groups is 1. The minimum absolute atomic E-state index is 0.0564. The van der Waals surface area contributed by atoms with Gasteiger partial charge in [-0.3, -0.25) is 4.79 Å². The van der Waals surface area contributed by atoms with Gasteiger partial charge in [0.15, 0.2) is 11.5 Å². The Hall–Kier alpha value is -10.5. The third-order valence-corrected chi connectivity index (χ3v) is 27.3. The molecular formula is C120H170F2N6O13S. The number of rotatable bonds is 4. The molecule has 3 unspecified atom stereocenters. The Morgan fingerprint density at radius 2 is 0.866 bits per heavy atom. The van der Waals surface area contributed by atoms with E-state index in [1.54, 1.807) is 28.8 Å². The zero-order valence-electron chi connectivity index (χ0n) is 92.2. The number of ether oxygens (including phenoxy) is 8. The van der Waals surface area contributed by atoms with E-state index in [0.717, 1.165) is 125 Å². The van der Waals surface area contributed by atoms with Crippen molar-refractivity contribution in [2.24, 2.45) is 0 Å². The fourth-order valence-corrected chi connectivity index (χ4v) is 18.6. The number of carbonyl (C=O) groups excluding carboxylic acids is 5. The minimum Gasteiger partial charge on any atom is -0.493 e. The standard InChI is InChI=1S/C19H29NO2.C18H27NO2.C17H25NO2.C16H23NO2.C15H22O.C12H15NOS.C12H17NO.C11H12F2O2/c1-18(2,3)14-11-10-13-8-7-9-16(15(13)12-14)20-17(21)22-19(4,5)6;1-17(2,3)15-9-7-8-13-12-19(11-10-14(13)15)16(20)21-18(4,5)6;1-5-20-16(19)18-15-8-6-7-12-9-10-13(11-14(12)15)17(2,3)4;1-16(2,3)12-9-8-11-6-5-7-14(13(11)10-12)17-15(18)19-4;1-14(2,3)11-6-7-12-13(10-11)16-9-8-15(12,4)5;1-12(2,3)8-4-5-10-9(6-8)13-11(14)7-15-10;1-12(2,3)9-4-5-11-10(8-9)13-6-7-14-11;1-10(2,3)7-4-5-8-9(6-7)15-11(12,13)14-8/h10-12,16H,7-9H2,1-6H3,(H,20,21);7-9H,10-12H2,1-6H3;9-11,15H,5-8H2,1-4H3,(H,18,19);8-10,14H,5-7H2,1-4H3,(H,17,18);6-7,10H,8-9H2,1-5H3;4-6H,7H2,1-3H3,(H,13,14);4-5,8,13H,6-7H2,1-3H3;4-6H,1-3H3. The van der Waals surface area contributed by atoms with E-state index in [4.69, 9.17) is 28.4 Å². The Morgan fingerprint density at radius 1 is 0.451 bits per heavy atom. The highest BCUT2D eigenvalue weighted by atomic mass is 32.2. The van der Waals surface area contributed by atoms with Crippen molar-refractivity contribution in [3.8, 4) is 23.0 Å². The van der Waals surface area contributed by atoms with Crippen LogP contribution < -0.4 is 45.5 Å². The molecule has 0 aromatic heterocycles. The largest absolute Gasteiger partial charge is 0.586 e. The van der Waals surface area contributed by atoms with Crippen molar-refractivity contribution in [3.63, 3.8) is 0 Å². The molecule has 0 fully saturated rings. The number of halogens is 2. The van der Waals surface area contributed by atoms with Gasteiger partial charge in [0.2, 0.25) is 5.91 Å². The number of carbonyl (C=O) groups is 5. The summed E-state index contributed by atoms with van der Waals surface area (Å²) < 4.78 is 66.0. The van der Waals surface area contributed by atoms with Gasteiger partial charge < -0.3 is 69.4 Å². The number of alkyl carbamates (subject to hydrolysis) is 3. The number of alkyl halides is 2. The summed E-state index contributed by atoms with van der Waals surface area (Å²) in [6, 6.07) is 51.0. The molecule has 22 heteroatoms. The van der Waals surface area contributed by atoms with Crippen molar-refractivity contribution >= 4 is 53.4 Å². The van der Waals surface area contributed by atoms with Gasteiger partial charge in [-0.25, -0.2) is 19.2 Å². The van der Waals surface area contributed by atoms with Gasteiger partial charge in [-0.2, -0.15) is 0 Å². The maximum absolute atomic E-state index is 12.7. The first-order chi connectivity index (χ1) is 65.6. The monoisotopic (exact) mass is 1970 g/mol. The highest BCUT2D eigenvalue weighted by molar-refractivity contribution is 8.00.